The van der Waals surface area contributed by atoms with Crippen LogP contribution in [-0.2, 0) is 0 Å². The lowest BCUT2D eigenvalue weighted by atomic mass is 10.1. The Morgan fingerprint density at radius 2 is 1.69 bits per heavy atom. The second kappa shape index (κ2) is 9.04. The summed E-state index contributed by atoms with van der Waals surface area (Å²) in [5, 5.41) is 1.69. The zero-order chi connectivity index (χ0) is 18.4. The minimum Gasteiger partial charge on any atom is -0.494 e. The molecule has 0 amide bonds. The minimum atomic E-state index is 0.0191. The molecule has 0 unspecified atom stereocenters. The van der Waals surface area contributed by atoms with Gasteiger partial charge >= 0.3 is 0 Å². The van der Waals surface area contributed by atoms with Crippen LogP contribution in [0.3, 0.4) is 0 Å². The molecule has 136 valence electrons. The fraction of sp³-hybridized carbons (Fsp3) is 0.318. The number of alkyl halides is 1. The monoisotopic (exact) mass is 414 g/mol. The van der Waals surface area contributed by atoms with E-state index in [1.807, 2.05) is 49.4 Å². The first-order valence-electron chi connectivity index (χ1n) is 9.02. The zero-order valence-electron chi connectivity index (χ0n) is 15.0. The van der Waals surface area contributed by atoms with E-state index in [1.54, 1.807) is 6.07 Å². The van der Waals surface area contributed by atoms with Crippen molar-refractivity contribution in [1.82, 2.24) is 0 Å². The first-order chi connectivity index (χ1) is 12.7. The van der Waals surface area contributed by atoms with Crippen molar-refractivity contribution in [1.29, 1.82) is 0 Å². The molecule has 0 radical (unpaired) electrons. The van der Waals surface area contributed by atoms with Crippen molar-refractivity contribution < 1.29 is 9.15 Å². The second-order valence-electron chi connectivity index (χ2n) is 6.36. The van der Waals surface area contributed by atoms with E-state index in [9.17, 15) is 4.79 Å². The Kier molecular flexibility index (Phi) is 6.51. The molecule has 0 saturated heterocycles. The maximum Gasteiger partial charge on any atom is 0.196 e. The summed E-state index contributed by atoms with van der Waals surface area (Å²) in [6, 6.07) is 15.1. The van der Waals surface area contributed by atoms with Crippen molar-refractivity contribution >= 4 is 26.9 Å². The summed E-state index contributed by atoms with van der Waals surface area (Å²) in [7, 11) is 0. The number of hydrogen-bond donors (Lipinski definition) is 0. The third-order valence-electron chi connectivity index (χ3n) is 4.44. The standard InChI is InChI=1S/C22H23BrO3/c1-16-21(24)19-8-4-5-9-20(19)26-22(16)17-10-12-18(13-11-17)25-15-7-3-2-6-14-23/h4-5,8-13H,2-3,6-7,14-15H2,1H3. The summed E-state index contributed by atoms with van der Waals surface area (Å²) in [6.45, 7) is 2.54. The van der Waals surface area contributed by atoms with E-state index in [0.717, 1.165) is 29.7 Å². The number of benzene rings is 2. The fourth-order valence-corrected chi connectivity index (χ4v) is 3.35. The maximum absolute atomic E-state index is 12.6. The molecule has 0 aliphatic carbocycles. The molecular formula is C22H23BrO3. The highest BCUT2D eigenvalue weighted by Crippen LogP contribution is 2.27. The van der Waals surface area contributed by atoms with E-state index >= 15 is 0 Å². The highest BCUT2D eigenvalue weighted by atomic mass is 79.9. The van der Waals surface area contributed by atoms with Gasteiger partial charge in [-0.15, -0.1) is 0 Å². The largest absolute Gasteiger partial charge is 0.494 e. The number of para-hydroxylation sites is 1. The van der Waals surface area contributed by atoms with Crippen molar-refractivity contribution in [3.05, 3.63) is 64.3 Å². The van der Waals surface area contributed by atoms with Crippen molar-refractivity contribution in [2.45, 2.75) is 32.6 Å². The van der Waals surface area contributed by atoms with Gasteiger partial charge in [0.15, 0.2) is 5.43 Å². The van der Waals surface area contributed by atoms with Gasteiger partial charge in [-0.25, -0.2) is 0 Å². The van der Waals surface area contributed by atoms with E-state index in [-0.39, 0.29) is 5.43 Å². The molecule has 26 heavy (non-hydrogen) atoms. The van der Waals surface area contributed by atoms with Gasteiger partial charge in [0.2, 0.25) is 0 Å². The normalized spacial score (nSPS) is 11.0. The van der Waals surface area contributed by atoms with Gasteiger partial charge in [-0.2, -0.15) is 0 Å². The third-order valence-corrected chi connectivity index (χ3v) is 5.00. The Hall–Kier alpha value is -2.07. The van der Waals surface area contributed by atoms with Gasteiger partial charge in [0.1, 0.15) is 17.1 Å². The molecule has 3 nitrogen and oxygen atoms in total. The Bertz CT molecular complexity index is 913. The summed E-state index contributed by atoms with van der Waals surface area (Å²) in [5.41, 5.74) is 2.15. The van der Waals surface area contributed by atoms with Gasteiger partial charge < -0.3 is 9.15 Å². The number of unbranched alkanes of at least 4 members (excludes halogenated alkanes) is 3. The second-order valence-corrected chi connectivity index (χ2v) is 7.15. The SMILES string of the molecule is Cc1c(-c2ccc(OCCCCCCBr)cc2)oc2ccccc2c1=O. The predicted molar refractivity (Wildman–Crippen MR) is 110 cm³/mol. The van der Waals surface area contributed by atoms with Crippen LogP contribution in [0.2, 0.25) is 0 Å². The smallest absolute Gasteiger partial charge is 0.196 e. The van der Waals surface area contributed by atoms with Crippen LogP contribution in [-0.4, -0.2) is 11.9 Å². The summed E-state index contributed by atoms with van der Waals surface area (Å²) in [5.74, 6) is 1.46. The molecule has 0 atom stereocenters. The molecule has 0 saturated carbocycles. The molecular weight excluding hydrogens is 392 g/mol. The number of ether oxygens (including phenoxy) is 1. The predicted octanol–water partition coefficient (Wildman–Crippen LogP) is 6.10. The quantitative estimate of drug-likeness (QED) is 0.330. The summed E-state index contributed by atoms with van der Waals surface area (Å²) in [4.78, 5) is 12.6. The van der Waals surface area contributed by atoms with E-state index in [0.29, 0.717) is 22.3 Å². The van der Waals surface area contributed by atoms with Gasteiger partial charge in [0.05, 0.1) is 12.0 Å². The van der Waals surface area contributed by atoms with E-state index in [1.165, 1.54) is 19.3 Å². The third kappa shape index (κ3) is 4.36. The average molecular weight is 415 g/mol. The van der Waals surface area contributed by atoms with Gasteiger partial charge in [0, 0.05) is 16.5 Å². The molecule has 0 fully saturated rings. The Morgan fingerprint density at radius 1 is 0.962 bits per heavy atom. The molecule has 1 heterocycles. The first-order valence-corrected chi connectivity index (χ1v) is 10.1. The highest BCUT2D eigenvalue weighted by molar-refractivity contribution is 9.09. The van der Waals surface area contributed by atoms with Crippen LogP contribution in [0.25, 0.3) is 22.3 Å². The van der Waals surface area contributed by atoms with Crippen molar-refractivity contribution in [3.63, 3.8) is 0 Å². The van der Waals surface area contributed by atoms with Crippen LogP contribution < -0.4 is 10.2 Å². The van der Waals surface area contributed by atoms with Gasteiger partial charge in [0.25, 0.3) is 0 Å². The van der Waals surface area contributed by atoms with Gasteiger partial charge in [-0.3, -0.25) is 4.79 Å². The summed E-state index contributed by atoms with van der Waals surface area (Å²) >= 11 is 3.45. The molecule has 0 aliphatic rings. The molecule has 1 aromatic heterocycles. The Morgan fingerprint density at radius 3 is 2.46 bits per heavy atom. The maximum atomic E-state index is 12.6. The van der Waals surface area contributed by atoms with Crippen LogP contribution in [0.1, 0.15) is 31.2 Å². The highest BCUT2D eigenvalue weighted by Gasteiger charge is 2.12. The van der Waals surface area contributed by atoms with Crippen molar-refractivity contribution in [2.75, 3.05) is 11.9 Å². The fourth-order valence-electron chi connectivity index (χ4n) is 2.95. The molecule has 0 spiro atoms. The van der Waals surface area contributed by atoms with Crippen molar-refractivity contribution in [3.8, 4) is 17.1 Å². The number of hydrogen-bond acceptors (Lipinski definition) is 3. The number of halogens is 1. The number of rotatable bonds is 8. The van der Waals surface area contributed by atoms with Crippen LogP contribution in [0.15, 0.2) is 57.7 Å². The van der Waals surface area contributed by atoms with Crippen LogP contribution in [0.5, 0.6) is 5.75 Å². The van der Waals surface area contributed by atoms with E-state index in [4.69, 9.17) is 9.15 Å². The molecule has 3 aromatic rings. The molecule has 3 rings (SSSR count). The first kappa shape index (κ1) is 18.7. The van der Waals surface area contributed by atoms with Crippen LogP contribution in [0.4, 0.5) is 0 Å². The topological polar surface area (TPSA) is 39.4 Å². The van der Waals surface area contributed by atoms with Gasteiger partial charge in [-0.1, -0.05) is 40.9 Å². The molecule has 4 heteroatoms. The minimum absolute atomic E-state index is 0.0191. The van der Waals surface area contributed by atoms with Gasteiger partial charge in [-0.05, 0) is 56.2 Å². The van der Waals surface area contributed by atoms with E-state index < -0.39 is 0 Å². The molecule has 0 bridgehead atoms. The molecule has 2 aromatic carbocycles. The summed E-state index contributed by atoms with van der Waals surface area (Å²) in [6.07, 6.45) is 4.69. The van der Waals surface area contributed by atoms with Crippen LogP contribution in [0, 0.1) is 6.92 Å². The lowest BCUT2D eigenvalue weighted by molar-refractivity contribution is 0.305. The summed E-state index contributed by atoms with van der Waals surface area (Å²) < 4.78 is 11.8. The lowest BCUT2D eigenvalue weighted by Crippen LogP contribution is -2.07. The molecule has 0 N–H and O–H groups in total. The van der Waals surface area contributed by atoms with E-state index in [2.05, 4.69) is 15.9 Å². The zero-order valence-corrected chi connectivity index (χ0v) is 16.6. The Labute approximate surface area is 162 Å². The lowest BCUT2D eigenvalue weighted by Gasteiger charge is -2.09. The average Bonchev–Trinajstić information content (AvgIpc) is 2.68. The number of fused-ring (bicyclic) bond motifs is 1. The van der Waals surface area contributed by atoms with Crippen LogP contribution >= 0.6 is 15.9 Å². The Balaban J connectivity index is 1.72. The van der Waals surface area contributed by atoms with Crippen molar-refractivity contribution in [2.24, 2.45) is 0 Å². The molecule has 0 aliphatic heterocycles.